The van der Waals surface area contributed by atoms with Crippen LogP contribution >= 0.6 is 10.0 Å². The first-order chi connectivity index (χ1) is 26.0. The van der Waals surface area contributed by atoms with E-state index in [4.69, 9.17) is 40.0 Å². The highest BCUT2D eigenvalue weighted by Gasteiger charge is 2.39. The van der Waals surface area contributed by atoms with Gasteiger partial charge < -0.3 is 27.5 Å². The smallest absolute Gasteiger partial charge is 0.478 e. The Morgan fingerprint density at radius 1 is 0.444 bits per heavy atom. The fourth-order valence-corrected chi connectivity index (χ4v) is 10.0. The number of aromatic carboxylic acids is 4. The van der Waals surface area contributed by atoms with E-state index in [9.17, 15) is 39.6 Å². The van der Waals surface area contributed by atoms with Crippen molar-refractivity contribution in [1.29, 1.82) is 0 Å². The molecule has 6 aromatic rings. The number of nitrogens with zero attached hydrogens (tertiary/aromatic N) is 8. The molecule has 18 heteroatoms. The second kappa shape index (κ2) is 11.0. The average Bonchev–Trinajstić information content (AvgIpc) is 3.86. The summed E-state index contributed by atoms with van der Waals surface area (Å²) in [5.41, 5.74) is 1.85. The molecule has 0 unspecified atom stereocenters. The SMILES string of the molecule is O=C(O)c1ccc2c(c1)C1=NC2=Nc2c3cc(C(=O)O)ccc3c3[n]2[Al]([Cl])[n]2c(c4ccc(C(=O)O)cc4c2=NC2=NC(=N3)c3cc(C(=O)O)ccc32)=N1. The molecule has 0 amide bonds. The van der Waals surface area contributed by atoms with Gasteiger partial charge in [0.25, 0.3) is 0 Å². The largest absolute Gasteiger partial charge is 0.722 e. The summed E-state index contributed by atoms with van der Waals surface area (Å²) >= 11 is -3.33. The Hall–Kier alpha value is -7.06. The maximum absolute atomic E-state index is 12.3. The van der Waals surface area contributed by atoms with Crippen LogP contribution in [0.3, 0.4) is 0 Å². The van der Waals surface area contributed by atoms with Gasteiger partial charge >= 0.3 is 37.5 Å². The first-order valence-corrected chi connectivity index (χ1v) is 18.8. The van der Waals surface area contributed by atoms with Gasteiger partial charge in [-0.15, -0.1) is 0 Å². The van der Waals surface area contributed by atoms with Crippen LogP contribution in [0.15, 0.2) is 103 Å². The zero-order valence-electron chi connectivity index (χ0n) is 26.9. The fraction of sp³-hybridized carbons (Fsp3) is 0. The number of fused-ring (bicyclic) bond motifs is 14. The van der Waals surface area contributed by atoms with Crippen LogP contribution < -0.4 is 11.0 Å². The topological polar surface area (TPSA) is 233 Å². The van der Waals surface area contributed by atoms with Gasteiger partial charge in [0.15, 0.2) is 23.3 Å². The van der Waals surface area contributed by atoms with E-state index in [0.717, 1.165) is 0 Å². The molecule has 0 aliphatic carbocycles. The summed E-state index contributed by atoms with van der Waals surface area (Å²) in [7, 11) is 7.70. The number of aliphatic imine (C=N–C) groups is 4. The molecular weight excluding hydrogens is 735 g/mol. The minimum Gasteiger partial charge on any atom is -0.478 e. The van der Waals surface area contributed by atoms with Crippen molar-refractivity contribution in [1.82, 2.24) is 7.10 Å². The number of rotatable bonds is 4. The predicted molar refractivity (Wildman–Crippen MR) is 195 cm³/mol. The van der Waals surface area contributed by atoms with E-state index in [1.54, 1.807) is 31.4 Å². The van der Waals surface area contributed by atoms with E-state index >= 15 is 0 Å². The van der Waals surface area contributed by atoms with Gasteiger partial charge in [0.1, 0.15) is 22.6 Å². The van der Waals surface area contributed by atoms with Crippen LogP contribution in [0.2, 0.25) is 0 Å². The highest BCUT2D eigenvalue weighted by molar-refractivity contribution is 7.05. The molecule has 6 heterocycles. The molecule has 4 aliphatic rings. The van der Waals surface area contributed by atoms with Gasteiger partial charge in [-0.05, 0) is 72.8 Å². The Labute approximate surface area is 308 Å². The fourth-order valence-electron chi connectivity index (χ4n) is 7.11. The first kappa shape index (κ1) is 31.7. The third-order valence-corrected chi connectivity index (χ3v) is 12.6. The second-order valence-electron chi connectivity index (χ2n) is 12.6. The normalized spacial score (nSPS) is 14.6. The third-order valence-electron chi connectivity index (χ3n) is 9.60. The summed E-state index contributed by atoms with van der Waals surface area (Å²) < 4.78 is 3.33. The lowest BCUT2D eigenvalue weighted by Gasteiger charge is -2.15. The van der Waals surface area contributed by atoms with Crippen molar-refractivity contribution in [2.24, 2.45) is 30.0 Å². The number of amidine groups is 4. The van der Waals surface area contributed by atoms with E-state index in [-0.39, 0.29) is 68.2 Å². The molecule has 0 saturated heterocycles. The van der Waals surface area contributed by atoms with Crippen molar-refractivity contribution in [2.45, 2.75) is 0 Å². The van der Waals surface area contributed by atoms with Crippen LogP contribution in [0.25, 0.3) is 21.5 Å². The van der Waals surface area contributed by atoms with E-state index in [2.05, 4.69) is 0 Å². The standard InChI is InChI=1S/C36H18N8O8.Al.ClH/c45-33(46)13-1-5-17-21(9-13)29-37-25(17)41-30-22-10-14(34(47)48)2-6-18(22)27(38-30)43-32-24-12-16(36(51)52)4-8-20(24)28(40-32)44-31-23-11-15(35(49)50)3-7-19(23)26(39-31)42-29;;/h1-12H,(H6,37,38,39,40,41,42,43,44,45,46,47,48,49,50,51,52);;1H/q;+3;/p-3. The van der Waals surface area contributed by atoms with Crippen molar-refractivity contribution in [3.05, 3.63) is 128 Å². The first-order valence-electron chi connectivity index (χ1n) is 16.0. The van der Waals surface area contributed by atoms with E-state index in [1.807, 2.05) is 0 Å². The van der Waals surface area contributed by atoms with Gasteiger partial charge in [0, 0.05) is 43.8 Å². The summed E-state index contributed by atoms with van der Waals surface area (Å²) in [4.78, 5) is 78.2. The van der Waals surface area contributed by atoms with Crippen LogP contribution in [0.1, 0.15) is 63.7 Å². The molecule has 16 nitrogen and oxygen atoms in total. The molecule has 4 N–H and O–H groups in total. The molecule has 258 valence electrons. The lowest BCUT2D eigenvalue weighted by Crippen LogP contribution is -2.43. The van der Waals surface area contributed by atoms with Crippen molar-refractivity contribution in [2.75, 3.05) is 0 Å². The molecule has 0 saturated carbocycles. The van der Waals surface area contributed by atoms with E-state index < -0.39 is 37.5 Å². The molecule has 0 fully saturated rings. The summed E-state index contributed by atoms with van der Waals surface area (Å²) in [5.74, 6) is -3.84. The zero-order valence-corrected chi connectivity index (χ0v) is 28.8. The summed E-state index contributed by atoms with van der Waals surface area (Å²) in [5, 5.41) is 41.3. The number of hydrogen-bond acceptors (Lipinski definition) is 10. The Bertz CT molecular complexity index is 3160. The van der Waals surface area contributed by atoms with E-state index in [1.165, 1.54) is 48.5 Å². The van der Waals surface area contributed by atoms with Gasteiger partial charge in [-0.2, -0.15) is 10.0 Å². The quantitative estimate of drug-likeness (QED) is 0.192. The lowest BCUT2D eigenvalue weighted by molar-refractivity contribution is 0.0686. The summed E-state index contributed by atoms with van der Waals surface area (Å²) in [6.45, 7) is 0. The van der Waals surface area contributed by atoms with Crippen LogP contribution in [0.5, 0.6) is 0 Å². The second-order valence-corrected chi connectivity index (χ2v) is 15.4. The molecule has 4 aromatic carbocycles. The van der Waals surface area contributed by atoms with Crippen LogP contribution in [0, 0.1) is 0 Å². The number of benzene rings is 4. The molecule has 2 aromatic heterocycles. The van der Waals surface area contributed by atoms with Crippen molar-refractivity contribution >= 4 is 104 Å². The lowest BCUT2D eigenvalue weighted by atomic mass is 10.0. The van der Waals surface area contributed by atoms with Gasteiger partial charge in [-0.3, -0.25) is 0 Å². The minimum atomic E-state index is -3.33. The Kier molecular flexibility index (Phi) is 6.44. The number of carbonyl (C=O) groups is 4. The van der Waals surface area contributed by atoms with Crippen molar-refractivity contribution < 1.29 is 39.6 Å². The predicted octanol–water partition coefficient (Wildman–Crippen LogP) is 3.95. The average molecular weight is 751 g/mol. The number of carboxylic acids is 4. The molecule has 4 aliphatic heterocycles. The van der Waals surface area contributed by atoms with Crippen LogP contribution in [-0.2, 0) is 0 Å². The zero-order chi connectivity index (χ0) is 37.3. The maximum Gasteiger partial charge on any atom is 0.722 e. The number of halogens is 1. The molecule has 10 rings (SSSR count). The van der Waals surface area contributed by atoms with Gasteiger partial charge in [0.05, 0.1) is 22.3 Å². The molecule has 6 bridgehead atoms. The number of carboxylic acid groups (broad SMARTS) is 4. The minimum absolute atomic E-state index is 0.0259. The van der Waals surface area contributed by atoms with Crippen molar-refractivity contribution in [3.63, 3.8) is 0 Å². The summed E-state index contributed by atoms with van der Waals surface area (Å²) in [6.07, 6.45) is 0. The molecule has 0 spiro atoms. The summed E-state index contributed by atoms with van der Waals surface area (Å²) in [6, 6.07) is 17.7. The highest BCUT2D eigenvalue weighted by Crippen LogP contribution is 2.42. The Morgan fingerprint density at radius 2 is 0.852 bits per heavy atom. The highest BCUT2D eigenvalue weighted by atomic mass is 35.6. The van der Waals surface area contributed by atoms with Gasteiger partial charge in [0.2, 0.25) is 0 Å². The molecule has 0 atom stereocenters. The monoisotopic (exact) mass is 750 g/mol. The van der Waals surface area contributed by atoms with Gasteiger partial charge in [-0.1, -0.05) is 0 Å². The molecule has 54 heavy (non-hydrogen) atoms. The van der Waals surface area contributed by atoms with Crippen molar-refractivity contribution in [3.8, 4) is 0 Å². The van der Waals surface area contributed by atoms with Crippen LogP contribution in [0.4, 0.5) is 11.6 Å². The third kappa shape index (κ3) is 4.37. The Morgan fingerprint density at radius 3 is 1.41 bits per heavy atom. The molecule has 0 radical (unpaired) electrons. The van der Waals surface area contributed by atoms with E-state index in [0.29, 0.717) is 43.8 Å². The molecular formula is C36H16AlClN8O8. The number of hydrogen-bond donors (Lipinski definition) is 4. The number of aromatic nitrogens is 2. The van der Waals surface area contributed by atoms with Crippen LogP contribution in [-0.4, -0.2) is 88.4 Å². The Balaban J connectivity index is 1.45. The maximum atomic E-state index is 12.3. The van der Waals surface area contributed by atoms with Gasteiger partial charge in [-0.25, -0.2) is 49.1 Å².